The van der Waals surface area contributed by atoms with Gasteiger partial charge in [0.2, 0.25) is 0 Å². The molecule has 0 radical (unpaired) electrons. The maximum Gasteiger partial charge on any atom is 0.159 e. The SMILES string of the molecule is c1ccc(-n2ccc3cc4c5cc(-c6ccc(N(c7ccc(-c8cccnc8)cc7)c7ccc(-c8ncccn8)cc7)cc6)ccc5n(-c5ccccc5)c4cc32)cc1. The Balaban J connectivity index is 1.00. The second-order valence-electron chi connectivity index (χ2n) is 14.6. The van der Waals surface area contributed by atoms with Crippen LogP contribution >= 0.6 is 0 Å². The summed E-state index contributed by atoms with van der Waals surface area (Å²) >= 11 is 0. The zero-order valence-corrected chi connectivity index (χ0v) is 32.0. The van der Waals surface area contributed by atoms with Crippen molar-refractivity contribution in [1.82, 2.24) is 24.1 Å². The largest absolute Gasteiger partial charge is 0.316 e. The summed E-state index contributed by atoms with van der Waals surface area (Å²) in [6, 6.07) is 66.9. The van der Waals surface area contributed by atoms with E-state index in [1.807, 2.05) is 18.3 Å². The average molecular weight is 757 g/mol. The first-order chi connectivity index (χ1) is 29.2. The van der Waals surface area contributed by atoms with Crippen molar-refractivity contribution in [2.24, 2.45) is 0 Å². The normalized spacial score (nSPS) is 11.4. The predicted molar refractivity (Wildman–Crippen MR) is 242 cm³/mol. The quantitative estimate of drug-likeness (QED) is 0.155. The summed E-state index contributed by atoms with van der Waals surface area (Å²) in [5.41, 5.74) is 14.4. The number of para-hydroxylation sites is 2. The van der Waals surface area contributed by atoms with Gasteiger partial charge in [-0.2, -0.15) is 0 Å². The summed E-state index contributed by atoms with van der Waals surface area (Å²) in [5, 5.41) is 3.66. The Morgan fingerprint density at radius 2 is 0.983 bits per heavy atom. The number of aromatic nitrogens is 5. The molecule has 0 saturated carbocycles. The van der Waals surface area contributed by atoms with Crippen LogP contribution in [0.4, 0.5) is 17.1 Å². The highest BCUT2D eigenvalue weighted by atomic mass is 15.1. The lowest BCUT2D eigenvalue weighted by Crippen LogP contribution is -2.09. The van der Waals surface area contributed by atoms with E-state index in [-0.39, 0.29) is 0 Å². The molecule has 11 aromatic rings. The number of pyridine rings is 1. The number of rotatable bonds is 8. The first-order valence-corrected chi connectivity index (χ1v) is 19.7. The van der Waals surface area contributed by atoms with E-state index < -0.39 is 0 Å². The fourth-order valence-electron chi connectivity index (χ4n) is 8.29. The van der Waals surface area contributed by atoms with Gasteiger partial charge < -0.3 is 14.0 Å². The predicted octanol–water partition coefficient (Wildman–Crippen LogP) is 13.4. The molecule has 0 fully saturated rings. The third-order valence-corrected chi connectivity index (χ3v) is 11.2. The highest BCUT2D eigenvalue weighted by molar-refractivity contribution is 6.14. The lowest BCUT2D eigenvalue weighted by Gasteiger charge is -2.26. The maximum absolute atomic E-state index is 4.46. The van der Waals surface area contributed by atoms with E-state index in [1.54, 1.807) is 18.6 Å². The molecule has 0 N–H and O–H groups in total. The van der Waals surface area contributed by atoms with Gasteiger partial charge in [0.15, 0.2) is 5.82 Å². The van der Waals surface area contributed by atoms with Crippen molar-refractivity contribution in [1.29, 1.82) is 0 Å². The van der Waals surface area contributed by atoms with E-state index in [0.29, 0.717) is 5.82 Å². The van der Waals surface area contributed by atoms with Crippen LogP contribution in [0.15, 0.2) is 219 Å². The van der Waals surface area contributed by atoms with Gasteiger partial charge in [-0.15, -0.1) is 0 Å². The third-order valence-electron chi connectivity index (χ3n) is 11.2. The minimum absolute atomic E-state index is 0.703. The van der Waals surface area contributed by atoms with Crippen LogP contribution in [0.25, 0.3) is 77.7 Å². The van der Waals surface area contributed by atoms with Gasteiger partial charge in [0.1, 0.15) is 0 Å². The molecule has 0 unspecified atom stereocenters. The van der Waals surface area contributed by atoms with E-state index in [2.05, 4.69) is 211 Å². The molecule has 278 valence electrons. The summed E-state index contributed by atoms with van der Waals surface area (Å²) in [7, 11) is 0. The minimum Gasteiger partial charge on any atom is -0.316 e. The molecule has 0 spiro atoms. The molecule has 59 heavy (non-hydrogen) atoms. The Bertz CT molecular complexity index is 3130. The van der Waals surface area contributed by atoms with Crippen molar-refractivity contribution in [3.05, 3.63) is 219 Å². The molecule has 6 nitrogen and oxygen atoms in total. The Kier molecular flexibility index (Phi) is 8.37. The number of fused-ring (bicyclic) bond motifs is 4. The summed E-state index contributed by atoms with van der Waals surface area (Å²) in [6.45, 7) is 0. The number of nitrogens with zero attached hydrogens (tertiary/aromatic N) is 6. The molecule has 11 rings (SSSR count). The smallest absolute Gasteiger partial charge is 0.159 e. The Labute approximate surface area is 341 Å². The number of anilines is 3. The standard InChI is InChI=1S/C53H36N6/c1-3-10-43(11-4-1)57-32-28-41-34-49-48-33-40(20-27-50(48)59(52(49)35-51(41)57)44-12-5-2-6-13-44)37-14-21-45(22-15-37)58(46-23-16-38(17-24-46)42-9-7-29-54-36-42)47-25-18-39(19-26-47)53-55-30-8-31-56-53/h1-36H. The molecule has 0 bridgehead atoms. The molecule has 4 heterocycles. The van der Waals surface area contributed by atoms with Crippen molar-refractivity contribution in [3.63, 3.8) is 0 Å². The Hall–Kier alpha value is -8.09. The first-order valence-electron chi connectivity index (χ1n) is 19.7. The fraction of sp³-hybridized carbons (Fsp3) is 0. The van der Waals surface area contributed by atoms with Gasteiger partial charge in [0, 0.05) is 81.1 Å². The second-order valence-corrected chi connectivity index (χ2v) is 14.6. The number of hydrogen-bond acceptors (Lipinski definition) is 4. The molecule has 7 aromatic carbocycles. The van der Waals surface area contributed by atoms with E-state index in [1.165, 1.54) is 32.7 Å². The summed E-state index contributed by atoms with van der Waals surface area (Å²) < 4.78 is 4.67. The molecule has 0 aliphatic carbocycles. The van der Waals surface area contributed by atoms with Crippen LogP contribution < -0.4 is 4.90 Å². The second kappa shape index (κ2) is 14.4. The fourth-order valence-corrected chi connectivity index (χ4v) is 8.29. The van der Waals surface area contributed by atoms with E-state index in [0.717, 1.165) is 56.3 Å². The number of hydrogen-bond donors (Lipinski definition) is 0. The van der Waals surface area contributed by atoms with Crippen LogP contribution in [0.3, 0.4) is 0 Å². The maximum atomic E-state index is 4.46. The third kappa shape index (κ3) is 6.20. The molecular weight excluding hydrogens is 721 g/mol. The van der Waals surface area contributed by atoms with E-state index in [4.69, 9.17) is 0 Å². The zero-order valence-electron chi connectivity index (χ0n) is 32.0. The molecule has 6 heteroatoms. The van der Waals surface area contributed by atoms with E-state index in [9.17, 15) is 0 Å². The van der Waals surface area contributed by atoms with Crippen LogP contribution in [-0.2, 0) is 0 Å². The number of benzene rings is 7. The molecule has 0 aliphatic rings. The van der Waals surface area contributed by atoms with Crippen LogP contribution in [0.2, 0.25) is 0 Å². The van der Waals surface area contributed by atoms with Gasteiger partial charge in [-0.3, -0.25) is 4.98 Å². The molecule has 4 aromatic heterocycles. The highest BCUT2D eigenvalue weighted by Crippen LogP contribution is 2.40. The van der Waals surface area contributed by atoms with E-state index >= 15 is 0 Å². The molecule has 0 aliphatic heterocycles. The summed E-state index contributed by atoms with van der Waals surface area (Å²) in [4.78, 5) is 15.5. The van der Waals surface area contributed by atoms with Crippen molar-refractivity contribution >= 4 is 49.8 Å². The molecule has 0 amide bonds. The van der Waals surface area contributed by atoms with Crippen molar-refractivity contribution in [2.75, 3.05) is 4.90 Å². The van der Waals surface area contributed by atoms with Gasteiger partial charge in [0.25, 0.3) is 0 Å². The Morgan fingerprint density at radius 1 is 0.390 bits per heavy atom. The van der Waals surface area contributed by atoms with Crippen molar-refractivity contribution < 1.29 is 0 Å². The topological polar surface area (TPSA) is 51.8 Å². The minimum atomic E-state index is 0.703. The summed E-state index contributed by atoms with van der Waals surface area (Å²) in [5.74, 6) is 0.703. The molecule has 0 atom stereocenters. The van der Waals surface area contributed by atoms with Gasteiger partial charge in [-0.1, -0.05) is 72.8 Å². The van der Waals surface area contributed by atoms with Crippen molar-refractivity contribution in [3.8, 4) is 45.0 Å². The van der Waals surface area contributed by atoms with Crippen LogP contribution in [0, 0.1) is 0 Å². The van der Waals surface area contributed by atoms with Gasteiger partial charge in [-0.25, -0.2) is 9.97 Å². The van der Waals surface area contributed by atoms with Crippen LogP contribution in [-0.4, -0.2) is 24.1 Å². The average Bonchev–Trinajstić information content (AvgIpc) is 3.88. The lowest BCUT2D eigenvalue weighted by atomic mass is 10.0. The highest BCUT2D eigenvalue weighted by Gasteiger charge is 2.18. The van der Waals surface area contributed by atoms with Gasteiger partial charge >= 0.3 is 0 Å². The zero-order chi connectivity index (χ0) is 39.1. The first kappa shape index (κ1) is 34.2. The molecule has 0 saturated heterocycles. The van der Waals surface area contributed by atoms with Crippen LogP contribution in [0.1, 0.15) is 0 Å². The molecular formula is C53H36N6. The van der Waals surface area contributed by atoms with Crippen LogP contribution in [0.5, 0.6) is 0 Å². The lowest BCUT2D eigenvalue weighted by molar-refractivity contribution is 1.12. The van der Waals surface area contributed by atoms with Crippen molar-refractivity contribution in [2.45, 2.75) is 0 Å². The van der Waals surface area contributed by atoms with Gasteiger partial charge in [-0.05, 0) is 138 Å². The monoisotopic (exact) mass is 756 g/mol. The summed E-state index contributed by atoms with van der Waals surface area (Å²) in [6.07, 6.45) is 9.42. The Morgan fingerprint density at radius 3 is 1.63 bits per heavy atom. The van der Waals surface area contributed by atoms with Gasteiger partial charge in [0.05, 0.1) is 16.6 Å².